The van der Waals surface area contributed by atoms with Crippen LogP contribution < -0.4 is 4.90 Å². The van der Waals surface area contributed by atoms with Crippen molar-refractivity contribution in [2.24, 2.45) is 0 Å². The van der Waals surface area contributed by atoms with E-state index in [0.29, 0.717) is 6.04 Å². The molecule has 1 aliphatic rings. The third kappa shape index (κ3) is 3.14. The fourth-order valence-electron chi connectivity index (χ4n) is 2.91. The molecule has 0 aromatic carbocycles. The molecule has 0 radical (unpaired) electrons. The van der Waals surface area contributed by atoms with Gasteiger partial charge < -0.3 is 9.80 Å². The van der Waals surface area contributed by atoms with E-state index in [-0.39, 0.29) is 5.91 Å². The first kappa shape index (κ1) is 15.0. The molecule has 0 N–H and O–H groups in total. The summed E-state index contributed by atoms with van der Waals surface area (Å²) >= 11 is 1.57. The van der Waals surface area contributed by atoms with Gasteiger partial charge in [-0.25, -0.2) is 4.98 Å². The van der Waals surface area contributed by atoms with Crippen LogP contribution >= 0.6 is 11.3 Å². The van der Waals surface area contributed by atoms with Gasteiger partial charge in [0.05, 0.1) is 4.88 Å². The molecule has 2 aromatic heterocycles. The van der Waals surface area contributed by atoms with Gasteiger partial charge in [-0.2, -0.15) is 0 Å². The Morgan fingerprint density at radius 2 is 2.05 bits per heavy atom. The van der Waals surface area contributed by atoms with E-state index in [1.807, 2.05) is 55.4 Å². The lowest BCUT2D eigenvalue weighted by atomic mass is 10.0. The molecule has 4 nitrogen and oxygen atoms in total. The molecule has 0 unspecified atom stereocenters. The Morgan fingerprint density at radius 1 is 1.27 bits per heavy atom. The lowest BCUT2D eigenvalue weighted by Crippen LogP contribution is -2.45. The highest BCUT2D eigenvalue weighted by Gasteiger charge is 2.26. The maximum atomic E-state index is 12.5. The average Bonchev–Trinajstić information content (AvgIpc) is 3.01. The molecule has 0 atom stereocenters. The molecule has 0 spiro atoms. The quantitative estimate of drug-likeness (QED) is 0.873. The number of aromatic nitrogens is 1. The number of nitrogens with zero attached hydrogens (tertiary/aromatic N) is 3. The summed E-state index contributed by atoms with van der Waals surface area (Å²) in [7, 11) is 1.93. The van der Waals surface area contributed by atoms with E-state index in [0.717, 1.165) is 36.6 Å². The van der Waals surface area contributed by atoms with Crippen LogP contribution in [-0.4, -0.2) is 42.0 Å². The zero-order valence-corrected chi connectivity index (χ0v) is 13.8. The zero-order valence-electron chi connectivity index (χ0n) is 13.0. The Hall–Kier alpha value is -1.88. The van der Waals surface area contributed by atoms with E-state index < -0.39 is 0 Å². The summed E-state index contributed by atoms with van der Waals surface area (Å²) in [6, 6.07) is 10.3. The molecule has 2 aromatic rings. The number of pyridine rings is 1. The Bertz CT molecular complexity index is 632. The summed E-state index contributed by atoms with van der Waals surface area (Å²) < 4.78 is 0. The maximum Gasteiger partial charge on any atom is 0.263 e. The van der Waals surface area contributed by atoms with Gasteiger partial charge in [0, 0.05) is 37.3 Å². The molecular weight excluding hydrogens is 294 g/mol. The van der Waals surface area contributed by atoms with Gasteiger partial charge in [0.2, 0.25) is 0 Å². The molecule has 1 saturated heterocycles. The summed E-state index contributed by atoms with van der Waals surface area (Å²) in [6.45, 7) is 3.93. The number of rotatable bonds is 3. The molecule has 3 heterocycles. The van der Waals surface area contributed by atoms with Gasteiger partial charge in [0.1, 0.15) is 5.82 Å². The van der Waals surface area contributed by atoms with E-state index in [4.69, 9.17) is 0 Å². The van der Waals surface area contributed by atoms with Gasteiger partial charge in [-0.15, -0.1) is 11.3 Å². The first-order chi connectivity index (χ1) is 10.6. The summed E-state index contributed by atoms with van der Waals surface area (Å²) in [4.78, 5) is 23.2. The number of piperidine rings is 1. The number of amides is 1. The summed E-state index contributed by atoms with van der Waals surface area (Å²) in [5, 5.41) is 0. The van der Waals surface area contributed by atoms with Gasteiger partial charge in [-0.1, -0.05) is 6.07 Å². The molecule has 116 valence electrons. The molecule has 1 amide bonds. The molecule has 1 fully saturated rings. The number of hydrogen-bond acceptors (Lipinski definition) is 4. The fourth-order valence-corrected chi connectivity index (χ4v) is 3.76. The standard InChI is InChI=1S/C17H21N3OS/c1-13-6-7-15(22-13)17(21)19(2)14-8-11-20(12-9-14)16-5-3-4-10-18-16/h3-7,10,14H,8-9,11-12H2,1-2H3. The lowest BCUT2D eigenvalue weighted by Gasteiger charge is -2.37. The predicted molar refractivity (Wildman–Crippen MR) is 90.6 cm³/mol. The van der Waals surface area contributed by atoms with E-state index in [2.05, 4.69) is 9.88 Å². The topological polar surface area (TPSA) is 36.4 Å². The van der Waals surface area contributed by atoms with E-state index in [1.54, 1.807) is 11.3 Å². The van der Waals surface area contributed by atoms with Crippen molar-refractivity contribution in [3.63, 3.8) is 0 Å². The molecule has 5 heteroatoms. The zero-order chi connectivity index (χ0) is 15.5. The summed E-state index contributed by atoms with van der Waals surface area (Å²) in [5.41, 5.74) is 0. The van der Waals surface area contributed by atoms with Crippen molar-refractivity contribution in [3.05, 3.63) is 46.3 Å². The van der Waals surface area contributed by atoms with Crippen LogP contribution in [0.5, 0.6) is 0 Å². The molecular formula is C17H21N3OS. The number of hydrogen-bond donors (Lipinski definition) is 0. The monoisotopic (exact) mass is 315 g/mol. The highest BCUT2D eigenvalue weighted by molar-refractivity contribution is 7.13. The highest BCUT2D eigenvalue weighted by atomic mass is 32.1. The Kier molecular flexibility index (Phi) is 4.43. The third-order valence-electron chi connectivity index (χ3n) is 4.26. The van der Waals surface area contributed by atoms with Crippen LogP contribution in [0.2, 0.25) is 0 Å². The minimum absolute atomic E-state index is 0.148. The molecule has 3 rings (SSSR count). The van der Waals surface area contributed by atoms with Crippen LogP contribution in [0.1, 0.15) is 27.4 Å². The summed E-state index contributed by atoms with van der Waals surface area (Å²) in [6.07, 6.45) is 3.81. The SMILES string of the molecule is Cc1ccc(C(=O)N(C)C2CCN(c3ccccn3)CC2)s1. The van der Waals surface area contributed by atoms with Crippen LogP contribution in [0.15, 0.2) is 36.5 Å². The van der Waals surface area contributed by atoms with Crippen LogP contribution in [-0.2, 0) is 0 Å². The van der Waals surface area contributed by atoms with Crippen molar-refractivity contribution >= 4 is 23.1 Å². The Labute approximate surface area is 135 Å². The minimum Gasteiger partial charge on any atom is -0.356 e. The number of carbonyl (C=O) groups is 1. The number of aryl methyl sites for hydroxylation is 1. The first-order valence-corrected chi connectivity index (χ1v) is 8.46. The van der Waals surface area contributed by atoms with Gasteiger partial charge in [-0.05, 0) is 44.0 Å². The normalized spacial score (nSPS) is 15.8. The maximum absolute atomic E-state index is 12.5. The Balaban J connectivity index is 1.60. The van der Waals surface area contributed by atoms with Crippen molar-refractivity contribution in [1.29, 1.82) is 0 Å². The second-order valence-corrected chi connectivity index (χ2v) is 7.02. The molecule has 1 aliphatic heterocycles. The fraction of sp³-hybridized carbons (Fsp3) is 0.412. The largest absolute Gasteiger partial charge is 0.356 e. The average molecular weight is 315 g/mol. The van der Waals surface area contributed by atoms with Crippen molar-refractivity contribution in [2.75, 3.05) is 25.0 Å². The Morgan fingerprint density at radius 3 is 2.64 bits per heavy atom. The minimum atomic E-state index is 0.148. The first-order valence-electron chi connectivity index (χ1n) is 7.65. The molecule has 0 aliphatic carbocycles. The van der Waals surface area contributed by atoms with Crippen molar-refractivity contribution in [3.8, 4) is 0 Å². The molecule has 0 saturated carbocycles. The van der Waals surface area contributed by atoms with E-state index in [1.165, 1.54) is 4.88 Å². The second-order valence-electron chi connectivity index (χ2n) is 5.73. The van der Waals surface area contributed by atoms with E-state index in [9.17, 15) is 4.79 Å². The van der Waals surface area contributed by atoms with Crippen molar-refractivity contribution < 1.29 is 4.79 Å². The van der Waals surface area contributed by atoms with Gasteiger partial charge in [-0.3, -0.25) is 4.79 Å². The third-order valence-corrected chi connectivity index (χ3v) is 5.25. The number of anilines is 1. The predicted octanol–water partition coefficient (Wildman–Crippen LogP) is 3.19. The van der Waals surface area contributed by atoms with Crippen molar-refractivity contribution in [1.82, 2.24) is 9.88 Å². The molecule has 0 bridgehead atoms. The van der Waals surface area contributed by atoms with Crippen molar-refractivity contribution in [2.45, 2.75) is 25.8 Å². The second kappa shape index (κ2) is 6.48. The van der Waals surface area contributed by atoms with Crippen LogP contribution in [0, 0.1) is 6.92 Å². The van der Waals surface area contributed by atoms with E-state index >= 15 is 0 Å². The van der Waals surface area contributed by atoms with Gasteiger partial charge >= 0.3 is 0 Å². The summed E-state index contributed by atoms with van der Waals surface area (Å²) in [5.74, 6) is 1.18. The highest BCUT2D eigenvalue weighted by Crippen LogP contribution is 2.23. The number of carbonyl (C=O) groups excluding carboxylic acids is 1. The van der Waals surface area contributed by atoms with Crippen LogP contribution in [0.25, 0.3) is 0 Å². The van der Waals surface area contributed by atoms with Crippen LogP contribution in [0.3, 0.4) is 0 Å². The van der Waals surface area contributed by atoms with Gasteiger partial charge in [0.25, 0.3) is 5.91 Å². The van der Waals surface area contributed by atoms with Gasteiger partial charge in [0.15, 0.2) is 0 Å². The molecule has 22 heavy (non-hydrogen) atoms. The van der Waals surface area contributed by atoms with Crippen LogP contribution in [0.4, 0.5) is 5.82 Å². The number of thiophene rings is 1. The lowest BCUT2D eigenvalue weighted by molar-refractivity contribution is 0.0714. The smallest absolute Gasteiger partial charge is 0.263 e.